The van der Waals surface area contributed by atoms with E-state index in [0.717, 1.165) is 17.2 Å². The number of carbonyl (C=O) groups excluding carboxylic acids is 3. The molecule has 0 atom stereocenters. The van der Waals surface area contributed by atoms with Crippen molar-refractivity contribution in [2.75, 3.05) is 13.2 Å². The molecule has 0 saturated carbocycles. The van der Waals surface area contributed by atoms with Gasteiger partial charge in [0, 0.05) is 17.7 Å². The minimum absolute atomic E-state index is 0.00918. The van der Waals surface area contributed by atoms with E-state index in [2.05, 4.69) is 10.9 Å². The normalized spacial score (nSPS) is 10.1. The lowest BCUT2D eigenvalue weighted by Crippen LogP contribution is -2.43. The minimum Gasteiger partial charge on any atom is -0.493 e. The van der Waals surface area contributed by atoms with Gasteiger partial charge in [0.25, 0.3) is 17.5 Å². The molecule has 10 heteroatoms. The van der Waals surface area contributed by atoms with Crippen LogP contribution in [0.2, 0.25) is 0 Å². The Bertz CT molecular complexity index is 959. The summed E-state index contributed by atoms with van der Waals surface area (Å²) in [4.78, 5) is 45.4. The number of hydrazine groups is 1. The van der Waals surface area contributed by atoms with Crippen molar-refractivity contribution < 1.29 is 28.8 Å². The number of nitro groups is 1. The summed E-state index contributed by atoms with van der Waals surface area (Å²) in [6.07, 6.45) is -0.0549. The Morgan fingerprint density at radius 1 is 1.07 bits per heavy atom. The lowest BCUT2D eigenvalue weighted by atomic mass is 10.1. The molecule has 2 aromatic rings. The third-order valence-electron chi connectivity index (χ3n) is 3.91. The van der Waals surface area contributed by atoms with E-state index in [1.165, 1.54) is 18.2 Å². The van der Waals surface area contributed by atoms with Crippen molar-refractivity contribution in [3.63, 3.8) is 0 Å². The van der Waals surface area contributed by atoms with Crippen LogP contribution < -0.4 is 15.6 Å². The highest BCUT2D eigenvalue weighted by atomic mass is 16.6. The molecule has 158 valence electrons. The number of aryl methyl sites for hydroxylation is 2. The van der Waals surface area contributed by atoms with Crippen molar-refractivity contribution >= 4 is 23.5 Å². The first kappa shape index (κ1) is 22.3. The number of hydrogen-bond acceptors (Lipinski definition) is 7. The van der Waals surface area contributed by atoms with Gasteiger partial charge in [-0.25, -0.2) is 0 Å². The topological polar surface area (TPSA) is 137 Å². The fraction of sp³-hybridized carbons (Fsp3) is 0.250. The summed E-state index contributed by atoms with van der Waals surface area (Å²) in [5.41, 5.74) is 5.85. The minimum atomic E-state index is -0.766. The van der Waals surface area contributed by atoms with Crippen LogP contribution in [0.15, 0.2) is 42.5 Å². The number of ether oxygens (including phenoxy) is 2. The van der Waals surface area contributed by atoms with Crippen molar-refractivity contribution in [2.24, 2.45) is 0 Å². The second-order valence-corrected chi connectivity index (χ2v) is 6.34. The number of rotatable bonds is 8. The van der Waals surface area contributed by atoms with Gasteiger partial charge >= 0.3 is 5.97 Å². The van der Waals surface area contributed by atoms with E-state index in [9.17, 15) is 24.5 Å². The molecule has 0 aromatic heterocycles. The molecule has 0 aliphatic carbocycles. The first-order chi connectivity index (χ1) is 14.3. The van der Waals surface area contributed by atoms with E-state index >= 15 is 0 Å². The van der Waals surface area contributed by atoms with Crippen LogP contribution in [0.1, 0.15) is 27.9 Å². The number of esters is 1. The molecule has 0 aliphatic heterocycles. The molecule has 2 rings (SSSR count). The number of nitrogens with zero attached hydrogens (tertiary/aromatic N) is 1. The highest BCUT2D eigenvalue weighted by Gasteiger charge is 2.13. The molecule has 0 saturated heterocycles. The molecule has 0 spiro atoms. The zero-order valence-electron chi connectivity index (χ0n) is 16.5. The maximum absolute atomic E-state index is 11.9. The molecular weight excluding hydrogens is 394 g/mol. The van der Waals surface area contributed by atoms with E-state index in [0.29, 0.717) is 5.75 Å². The molecule has 0 bridgehead atoms. The Balaban J connectivity index is 1.69. The van der Waals surface area contributed by atoms with E-state index in [-0.39, 0.29) is 24.3 Å². The van der Waals surface area contributed by atoms with E-state index in [1.54, 1.807) is 0 Å². The highest BCUT2D eigenvalue weighted by molar-refractivity contribution is 5.96. The van der Waals surface area contributed by atoms with Crippen LogP contribution in [0, 0.1) is 24.0 Å². The van der Waals surface area contributed by atoms with Crippen LogP contribution in [-0.4, -0.2) is 35.9 Å². The zero-order chi connectivity index (χ0) is 22.1. The summed E-state index contributed by atoms with van der Waals surface area (Å²) in [5, 5.41) is 10.7. The molecule has 0 radical (unpaired) electrons. The third-order valence-corrected chi connectivity index (χ3v) is 3.91. The summed E-state index contributed by atoms with van der Waals surface area (Å²) < 4.78 is 10.4. The van der Waals surface area contributed by atoms with Gasteiger partial charge in [-0.2, -0.15) is 0 Å². The van der Waals surface area contributed by atoms with Gasteiger partial charge in [-0.15, -0.1) is 0 Å². The Hall–Kier alpha value is -3.95. The second kappa shape index (κ2) is 10.6. The molecule has 0 heterocycles. The first-order valence-electron chi connectivity index (χ1n) is 8.95. The molecule has 30 heavy (non-hydrogen) atoms. The summed E-state index contributed by atoms with van der Waals surface area (Å²) in [5.74, 6) is -1.48. The average Bonchev–Trinajstić information content (AvgIpc) is 2.73. The van der Waals surface area contributed by atoms with Gasteiger partial charge in [0.2, 0.25) is 0 Å². The molecular formula is C20H21N3O7. The van der Waals surface area contributed by atoms with Crippen LogP contribution in [0.25, 0.3) is 0 Å². The SMILES string of the molecule is Cc1ccc(C)c(OCCC(=O)OCC(=O)NNC(=O)c2cccc([N+](=O)[O-])c2)c1. The fourth-order valence-electron chi connectivity index (χ4n) is 2.32. The third kappa shape index (κ3) is 6.89. The second-order valence-electron chi connectivity index (χ2n) is 6.34. The molecule has 10 nitrogen and oxygen atoms in total. The lowest BCUT2D eigenvalue weighted by molar-refractivity contribution is -0.384. The van der Waals surface area contributed by atoms with Gasteiger partial charge in [-0.3, -0.25) is 35.3 Å². The quantitative estimate of drug-likeness (QED) is 0.382. The van der Waals surface area contributed by atoms with Crippen molar-refractivity contribution in [1.82, 2.24) is 10.9 Å². The number of amides is 2. The van der Waals surface area contributed by atoms with Crippen molar-refractivity contribution in [3.05, 3.63) is 69.3 Å². The van der Waals surface area contributed by atoms with Crippen LogP contribution in [0.4, 0.5) is 5.69 Å². The Morgan fingerprint density at radius 2 is 1.83 bits per heavy atom. The van der Waals surface area contributed by atoms with Gasteiger partial charge in [0.05, 0.1) is 18.0 Å². The average molecular weight is 415 g/mol. The van der Waals surface area contributed by atoms with E-state index in [4.69, 9.17) is 9.47 Å². The maximum Gasteiger partial charge on any atom is 0.309 e. The monoisotopic (exact) mass is 415 g/mol. The van der Waals surface area contributed by atoms with Crippen molar-refractivity contribution in [1.29, 1.82) is 0 Å². The molecule has 0 fully saturated rings. The van der Waals surface area contributed by atoms with E-state index < -0.39 is 29.3 Å². The summed E-state index contributed by atoms with van der Waals surface area (Å²) in [7, 11) is 0. The van der Waals surface area contributed by atoms with Gasteiger partial charge in [-0.05, 0) is 37.1 Å². The zero-order valence-corrected chi connectivity index (χ0v) is 16.5. The number of benzene rings is 2. The number of nitrogens with one attached hydrogen (secondary N) is 2. The standard InChI is InChI=1S/C20H21N3O7/c1-13-6-7-14(2)17(10-13)29-9-8-19(25)30-12-18(24)21-22-20(26)15-4-3-5-16(11-15)23(27)28/h3-7,10-11H,8-9,12H2,1-2H3,(H,21,24)(H,22,26). The van der Waals surface area contributed by atoms with Crippen LogP contribution in [0.3, 0.4) is 0 Å². The fourth-order valence-corrected chi connectivity index (χ4v) is 2.32. The molecule has 2 amide bonds. The molecule has 0 aliphatic rings. The smallest absolute Gasteiger partial charge is 0.309 e. The molecule has 0 unspecified atom stereocenters. The Kier molecular flexibility index (Phi) is 7.86. The summed E-state index contributed by atoms with van der Waals surface area (Å²) in [6, 6.07) is 10.7. The maximum atomic E-state index is 11.9. The Labute approximate surface area is 172 Å². The predicted molar refractivity (Wildman–Crippen MR) is 106 cm³/mol. The van der Waals surface area contributed by atoms with E-state index in [1.807, 2.05) is 32.0 Å². The van der Waals surface area contributed by atoms with Gasteiger partial charge in [0.1, 0.15) is 5.75 Å². The van der Waals surface area contributed by atoms with Gasteiger partial charge < -0.3 is 9.47 Å². The largest absolute Gasteiger partial charge is 0.493 e. The predicted octanol–water partition coefficient (Wildman–Crippen LogP) is 1.98. The Morgan fingerprint density at radius 3 is 2.57 bits per heavy atom. The molecule has 2 N–H and O–H groups in total. The highest BCUT2D eigenvalue weighted by Crippen LogP contribution is 2.19. The van der Waals surface area contributed by atoms with Gasteiger partial charge in [0.15, 0.2) is 6.61 Å². The number of nitro benzene ring substituents is 1. The lowest BCUT2D eigenvalue weighted by Gasteiger charge is -2.10. The van der Waals surface area contributed by atoms with Crippen molar-refractivity contribution in [3.8, 4) is 5.75 Å². The van der Waals surface area contributed by atoms with Gasteiger partial charge in [-0.1, -0.05) is 18.2 Å². The first-order valence-corrected chi connectivity index (χ1v) is 8.95. The number of carbonyl (C=O) groups is 3. The summed E-state index contributed by atoms with van der Waals surface area (Å²) in [6.45, 7) is 3.31. The van der Waals surface area contributed by atoms with Crippen LogP contribution in [-0.2, 0) is 14.3 Å². The van der Waals surface area contributed by atoms with Crippen LogP contribution >= 0.6 is 0 Å². The van der Waals surface area contributed by atoms with Crippen molar-refractivity contribution in [2.45, 2.75) is 20.3 Å². The van der Waals surface area contributed by atoms with Crippen LogP contribution in [0.5, 0.6) is 5.75 Å². The number of hydrogen-bond donors (Lipinski definition) is 2. The molecule has 2 aromatic carbocycles. The number of non-ortho nitro benzene ring substituents is 1. The summed E-state index contributed by atoms with van der Waals surface area (Å²) >= 11 is 0.